The van der Waals surface area contributed by atoms with Gasteiger partial charge in [-0.15, -0.1) is 0 Å². The van der Waals surface area contributed by atoms with Crippen LogP contribution in [0, 0.1) is 0 Å². The van der Waals surface area contributed by atoms with Gasteiger partial charge in [0.05, 0.1) is 18.1 Å². The molecule has 134 valence electrons. The first-order chi connectivity index (χ1) is 11.4. The highest BCUT2D eigenvalue weighted by Crippen LogP contribution is 2.18. The van der Waals surface area contributed by atoms with Crippen LogP contribution in [0.2, 0.25) is 0 Å². The van der Waals surface area contributed by atoms with E-state index in [1.54, 1.807) is 0 Å². The van der Waals surface area contributed by atoms with Crippen molar-refractivity contribution in [3.63, 3.8) is 0 Å². The van der Waals surface area contributed by atoms with Crippen molar-refractivity contribution in [3.8, 4) is 0 Å². The lowest BCUT2D eigenvalue weighted by Gasteiger charge is -2.30. The van der Waals surface area contributed by atoms with Crippen molar-refractivity contribution in [3.05, 3.63) is 35.9 Å². The fourth-order valence-corrected chi connectivity index (χ4v) is 4.96. The molecule has 1 amide bonds. The van der Waals surface area contributed by atoms with Gasteiger partial charge in [-0.3, -0.25) is 9.69 Å². The first-order valence-corrected chi connectivity index (χ1v) is 10.5. The Kier molecular flexibility index (Phi) is 6.80. The first-order valence-electron chi connectivity index (χ1n) is 8.71. The zero-order valence-corrected chi connectivity index (χ0v) is 15.5. The van der Waals surface area contributed by atoms with Crippen LogP contribution in [0.25, 0.3) is 0 Å². The van der Waals surface area contributed by atoms with Crippen LogP contribution in [0.4, 0.5) is 0 Å². The molecule has 1 fully saturated rings. The van der Waals surface area contributed by atoms with Gasteiger partial charge in [0.25, 0.3) is 0 Å². The van der Waals surface area contributed by atoms with Crippen molar-refractivity contribution < 1.29 is 13.2 Å². The van der Waals surface area contributed by atoms with E-state index in [4.69, 9.17) is 0 Å². The van der Waals surface area contributed by atoms with E-state index >= 15 is 0 Å². The van der Waals surface area contributed by atoms with Gasteiger partial charge in [0.15, 0.2) is 9.84 Å². The third-order valence-electron chi connectivity index (χ3n) is 4.52. The normalized spacial score (nSPS) is 19.5. The maximum atomic E-state index is 12.7. The molecule has 0 saturated carbocycles. The number of benzene rings is 1. The fraction of sp³-hybridized carbons (Fsp3) is 0.611. The number of amides is 1. The molecule has 1 aromatic rings. The van der Waals surface area contributed by atoms with E-state index < -0.39 is 9.84 Å². The Bertz CT molecular complexity index is 631. The molecule has 0 spiro atoms. The van der Waals surface area contributed by atoms with E-state index in [0.29, 0.717) is 26.1 Å². The van der Waals surface area contributed by atoms with Gasteiger partial charge in [-0.25, -0.2) is 8.42 Å². The second-order valence-electron chi connectivity index (χ2n) is 6.42. The first kappa shape index (κ1) is 18.9. The van der Waals surface area contributed by atoms with Crippen LogP contribution in [0.15, 0.2) is 30.3 Å². The maximum absolute atomic E-state index is 12.7. The predicted octanol–water partition coefficient (Wildman–Crippen LogP) is 1.93. The Morgan fingerprint density at radius 2 is 1.92 bits per heavy atom. The minimum atomic E-state index is -2.94. The van der Waals surface area contributed by atoms with E-state index in [1.807, 2.05) is 42.2 Å². The standard InChI is InChI=1S/C18H28N2O3S/c1-3-11-20(17-10-12-24(22,23)15-17)14-18(21)19(4-2)13-16-8-6-5-7-9-16/h5-9,17H,3-4,10-15H2,1-2H3. The Morgan fingerprint density at radius 1 is 1.21 bits per heavy atom. The molecule has 0 bridgehead atoms. The SMILES string of the molecule is CCCN(CC(=O)N(CC)Cc1ccccc1)C1CCS(=O)(=O)C1. The van der Waals surface area contributed by atoms with Gasteiger partial charge in [-0.05, 0) is 31.9 Å². The van der Waals surface area contributed by atoms with Gasteiger partial charge in [-0.2, -0.15) is 0 Å². The molecular weight excluding hydrogens is 324 g/mol. The van der Waals surface area contributed by atoms with Crippen LogP contribution >= 0.6 is 0 Å². The summed E-state index contributed by atoms with van der Waals surface area (Å²) in [7, 11) is -2.94. The number of hydrogen-bond donors (Lipinski definition) is 0. The van der Waals surface area contributed by atoms with E-state index in [2.05, 4.69) is 11.8 Å². The van der Waals surface area contributed by atoms with Crippen molar-refractivity contribution in [2.24, 2.45) is 0 Å². The zero-order valence-electron chi connectivity index (χ0n) is 14.6. The Balaban J connectivity index is 2.00. The molecule has 1 aromatic carbocycles. The van der Waals surface area contributed by atoms with Crippen molar-refractivity contribution in [2.45, 2.75) is 39.3 Å². The highest BCUT2D eigenvalue weighted by Gasteiger charge is 2.33. The molecular formula is C18H28N2O3S. The number of likely N-dealkylation sites (N-methyl/N-ethyl adjacent to an activating group) is 1. The zero-order chi connectivity index (χ0) is 17.6. The molecule has 1 heterocycles. The lowest BCUT2D eigenvalue weighted by Crippen LogP contribution is -2.45. The second kappa shape index (κ2) is 8.62. The van der Waals surface area contributed by atoms with Crippen molar-refractivity contribution >= 4 is 15.7 Å². The van der Waals surface area contributed by atoms with Gasteiger partial charge >= 0.3 is 0 Å². The highest BCUT2D eigenvalue weighted by molar-refractivity contribution is 7.91. The third kappa shape index (κ3) is 5.31. The van der Waals surface area contributed by atoms with E-state index in [1.165, 1.54) is 0 Å². The number of carbonyl (C=O) groups is 1. The van der Waals surface area contributed by atoms with Crippen molar-refractivity contribution in [1.29, 1.82) is 0 Å². The smallest absolute Gasteiger partial charge is 0.237 e. The average Bonchev–Trinajstić information content (AvgIpc) is 2.93. The quantitative estimate of drug-likeness (QED) is 0.717. The molecule has 5 nitrogen and oxygen atoms in total. The fourth-order valence-electron chi connectivity index (χ4n) is 3.20. The summed E-state index contributed by atoms with van der Waals surface area (Å²) in [6.07, 6.45) is 1.55. The summed E-state index contributed by atoms with van der Waals surface area (Å²) < 4.78 is 23.5. The van der Waals surface area contributed by atoms with Gasteiger partial charge in [0, 0.05) is 19.1 Å². The lowest BCUT2D eigenvalue weighted by molar-refractivity contribution is -0.133. The minimum Gasteiger partial charge on any atom is -0.338 e. The van der Waals surface area contributed by atoms with Crippen LogP contribution in [-0.2, 0) is 21.2 Å². The molecule has 0 aliphatic carbocycles. The largest absolute Gasteiger partial charge is 0.338 e. The summed E-state index contributed by atoms with van der Waals surface area (Å²) >= 11 is 0. The molecule has 1 aliphatic heterocycles. The number of sulfone groups is 1. The number of hydrogen-bond acceptors (Lipinski definition) is 4. The van der Waals surface area contributed by atoms with Gasteiger partial charge in [0.2, 0.25) is 5.91 Å². The number of carbonyl (C=O) groups excluding carboxylic acids is 1. The monoisotopic (exact) mass is 352 g/mol. The molecule has 1 unspecified atom stereocenters. The van der Waals surface area contributed by atoms with Crippen LogP contribution in [-0.4, -0.2) is 61.3 Å². The summed E-state index contributed by atoms with van der Waals surface area (Å²) in [5, 5.41) is 0. The lowest BCUT2D eigenvalue weighted by atomic mass is 10.2. The van der Waals surface area contributed by atoms with Gasteiger partial charge in [0.1, 0.15) is 0 Å². The van der Waals surface area contributed by atoms with Gasteiger partial charge in [-0.1, -0.05) is 37.3 Å². The van der Waals surface area contributed by atoms with Crippen LogP contribution in [0.5, 0.6) is 0 Å². The highest BCUT2D eigenvalue weighted by atomic mass is 32.2. The predicted molar refractivity (Wildman–Crippen MR) is 96.5 cm³/mol. The summed E-state index contributed by atoms with van der Waals surface area (Å²) in [6, 6.07) is 9.92. The summed E-state index contributed by atoms with van der Waals surface area (Å²) in [4.78, 5) is 16.6. The molecule has 0 N–H and O–H groups in total. The van der Waals surface area contributed by atoms with Crippen LogP contribution < -0.4 is 0 Å². The number of nitrogens with zero attached hydrogens (tertiary/aromatic N) is 2. The van der Waals surface area contributed by atoms with E-state index in [9.17, 15) is 13.2 Å². The molecule has 24 heavy (non-hydrogen) atoms. The summed E-state index contributed by atoms with van der Waals surface area (Å²) in [5.41, 5.74) is 1.11. The third-order valence-corrected chi connectivity index (χ3v) is 6.28. The molecule has 1 aliphatic rings. The molecule has 0 radical (unpaired) electrons. The Hall–Kier alpha value is -1.40. The van der Waals surface area contributed by atoms with E-state index in [0.717, 1.165) is 18.5 Å². The molecule has 2 rings (SSSR count). The second-order valence-corrected chi connectivity index (χ2v) is 8.65. The summed E-state index contributed by atoms with van der Waals surface area (Å²) in [5.74, 6) is 0.498. The topological polar surface area (TPSA) is 57.7 Å². The van der Waals surface area contributed by atoms with Crippen molar-refractivity contribution in [2.75, 3.05) is 31.1 Å². The molecule has 1 saturated heterocycles. The number of rotatable bonds is 8. The molecule has 1 atom stereocenters. The Morgan fingerprint density at radius 3 is 2.46 bits per heavy atom. The summed E-state index contributed by atoms with van der Waals surface area (Å²) in [6.45, 7) is 6.34. The molecule has 0 aromatic heterocycles. The maximum Gasteiger partial charge on any atom is 0.237 e. The van der Waals surface area contributed by atoms with Gasteiger partial charge < -0.3 is 4.90 Å². The van der Waals surface area contributed by atoms with Crippen molar-refractivity contribution in [1.82, 2.24) is 9.80 Å². The minimum absolute atomic E-state index is 0.0191. The van der Waals surface area contributed by atoms with Crippen LogP contribution in [0.3, 0.4) is 0 Å². The van der Waals surface area contributed by atoms with Crippen LogP contribution in [0.1, 0.15) is 32.3 Å². The van der Waals surface area contributed by atoms with E-state index in [-0.39, 0.29) is 23.5 Å². The molecule has 6 heteroatoms. The Labute approximate surface area is 145 Å². The average molecular weight is 353 g/mol.